The summed E-state index contributed by atoms with van der Waals surface area (Å²) < 4.78 is 0. The lowest BCUT2D eigenvalue weighted by molar-refractivity contribution is -0.112. The van der Waals surface area contributed by atoms with E-state index >= 15 is 0 Å². The fourth-order valence-electron chi connectivity index (χ4n) is 4.16. The molecule has 1 atom stereocenters. The summed E-state index contributed by atoms with van der Waals surface area (Å²) in [5.41, 5.74) is 6.13. The number of fused-ring (bicyclic) bond motifs is 4. The first-order chi connectivity index (χ1) is 11.2. The molecule has 2 aliphatic carbocycles. The van der Waals surface area contributed by atoms with Crippen LogP contribution in [0.25, 0.3) is 16.3 Å². The smallest absolute Gasteiger partial charge is 0.185 e. The predicted molar refractivity (Wildman–Crippen MR) is 96.5 cm³/mol. The Kier molecular flexibility index (Phi) is 3.45. The quantitative estimate of drug-likeness (QED) is 0.641. The first kappa shape index (κ1) is 14.4. The number of benzene rings is 2. The average Bonchev–Trinajstić information content (AvgIpc) is 2.89. The van der Waals surface area contributed by atoms with E-state index in [0.717, 1.165) is 36.8 Å². The highest BCUT2D eigenvalue weighted by molar-refractivity contribution is 6.19. The van der Waals surface area contributed by atoms with Crippen molar-refractivity contribution in [1.82, 2.24) is 0 Å². The summed E-state index contributed by atoms with van der Waals surface area (Å²) in [6.07, 6.45) is 5.97. The van der Waals surface area contributed by atoms with E-state index in [-0.39, 0.29) is 0 Å². The van der Waals surface area contributed by atoms with E-state index in [4.69, 9.17) is 0 Å². The van der Waals surface area contributed by atoms with E-state index in [2.05, 4.69) is 56.3 Å². The van der Waals surface area contributed by atoms with E-state index < -0.39 is 0 Å². The van der Waals surface area contributed by atoms with Gasteiger partial charge in [-0.2, -0.15) is 0 Å². The van der Waals surface area contributed by atoms with Gasteiger partial charge in [0, 0.05) is 17.6 Å². The molecule has 0 spiro atoms. The molecular formula is C22H22O. The van der Waals surface area contributed by atoms with Gasteiger partial charge in [0.15, 0.2) is 5.78 Å². The van der Waals surface area contributed by atoms with Gasteiger partial charge in [-0.3, -0.25) is 4.79 Å². The molecule has 0 aliphatic heterocycles. The molecule has 116 valence electrons. The first-order valence-electron chi connectivity index (χ1n) is 8.68. The summed E-state index contributed by atoms with van der Waals surface area (Å²) >= 11 is 0. The zero-order chi connectivity index (χ0) is 16.0. The number of rotatable bonds is 2. The maximum Gasteiger partial charge on any atom is 0.185 e. The second-order valence-corrected chi connectivity index (χ2v) is 6.83. The van der Waals surface area contributed by atoms with Crippen molar-refractivity contribution >= 4 is 22.1 Å². The van der Waals surface area contributed by atoms with Crippen molar-refractivity contribution in [2.45, 2.75) is 45.4 Å². The highest BCUT2D eigenvalue weighted by Gasteiger charge is 2.35. The van der Waals surface area contributed by atoms with E-state index in [9.17, 15) is 4.79 Å². The topological polar surface area (TPSA) is 17.1 Å². The van der Waals surface area contributed by atoms with Crippen LogP contribution in [0.3, 0.4) is 0 Å². The van der Waals surface area contributed by atoms with Gasteiger partial charge in [-0.15, -0.1) is 0 Å². The van der Waals surface area contributed by atoms with Crippen LogP contribution in [-0.4, -0.2) is 5.78 Å². The summed E-state index contributed by atoms with van der Waals surface area (Å²) in [6.45, 7) is 4.42. The van der Waals surface area contributed by atoms with Gasteiger partial charge < -0.3 is 0 Å². The second kappa shape index (κ2) is 5.49. The van der Waals surface area contributed by atoms with Gasteiger partial charge in [-0.05, 0) is 46.2 Å². The summed E-state index contributed by atoms with van der Waals surface area (Å²) in [6, 6.07) is 13.1. The van der Waals surface area contributed by atoms with E-state index in [1.807, 2.05) is 0 Å². The van der Waals surface area contributed by atoms with Crippen molar-refractivity contribution in [3.05, 3.63) is 64.7 Å². The van der Waals surface area contributed by atoms with Crippen molar-refractivity contribution < 1.29 is 4.79 Å². The highest BCUT2D eigenvalue weighted by atomic mass is 16.1. The van der Waals surface area contributed by atoms with Gasteiger partial charge in [0.05, 0.1) is 0 Å². The molecule has 4 rings (SSSR count). The maximum atomic E-state index is 12.7. The van der Waals surface area contributed by atoms with Gasteiger partial charge in [-0.1, -0.05) is 62.7 Å². The van der Waals surface area contributed by atoms with Crippen LogP contribution < -0.4 is 0 Å². The fourth-order valence-corrected chi connectivity index (χ4v) is 4.16. The number of carbonyl (C=O) groups is 1. The summed E-state index contributed by atoms with van der Waals surface area (Å²) in [7, 11) is 0. The normalized spacial score (nSPS) is 21.9. The van der Waals surface area contributed by atoms with Gasteiger partial charge >= 0.3 is 0 Å². The number of Topliss-reactive ketones (excluding diaryl/α,β-unsaturated/α-hetero) is 1. The molecule has 0 amide bonds. The van der Waals surface area contributed by atoms with Crippen molar-refractivity contribution in [1.29, 1.82) is 0 Å². The fraction of sp³-hybridized carbons (Fsp3) is 0.318. The SMILES string of the molecule is CCC/C=C1/CC2=C(C[C@H](C)c3c2ccc2ccccc32)C1=O. The van der Waals surface area contributed by atoms with E-state index in [0.29, 0.717) is 11.7 Å². The van der Waals surface area contributed by atoms with E-state index in [1.165, 1.54) is 27.5 Å². The van der Waals surface area contributed by atoms with Crippen molar-refractivity contribution in [2.75, 3.05) is 0 Å². The van der Waals surface area contributed by atoms with Crippen molar-refractivity contribution in [3.8, 4) is 0 Å². The van der Waals surface area contributed by atoms with Crippen molar-refractivity contribution in [2.24, 2.45) is 0 Å². The molecule has 0 heterocycles. The zero-order valence-corrected chi connectivity index (χ0v) is 13.9. The Hall–Kier alpha value is -2.15. The van der Waals surface area contributed by atoms with Crippen LogP contribution in [0.5, 0.6) is 0 Å². The van der Waals surface area contributed by atoms with E-state index in [1.54, 1.807) is 0 Å². The Morgan fingerprint density at radius 1 is 1.13 bits per heavy atom. The molecule has 2 aliphatic rings. The predicted octanol–water partition coefficient (Wildman–Crippen LogP) is 5.80. The average molecular weight is 302 g/mol. The molecule has 0 saturated carbocycles. The van der Waals surface area contributed by atoms with Crippen LogP contribution in [0.2, 0.25) is 0 Å². The number of hydrogen-bond acceptors (Lipinski definition) is 1. The van der Waals surface area contributed by atoms with Crippen molar-refractivity contribution in [3.63, 3.8) is 0 Å². The molecule has 0 aromatic heterocycles. The Balaban J connectivity index is 1.88. The molecule has 1 nitrogen and oxygen atoms in total. The first-order valence-corrected chi connectivity index (χ1v) is 8.68. The summed E-state index contributed by atoms with van der Waals surface area (Å²) in [4.78, 5) is 12.7. The van der Waals surface area contributed by atoms with Gasteiger partial charge in [0.25, 0.3) is 0 Å². The Morgan fingerprint density at radius 3 is 2.78 bits per heavy atom. The van der Waals surface area contributed by atoms with Gasteiger partial charge in [-0.25, -0.2) is 0 Å². The van der Waals surface area contributed by atoms with Gasteiger partial charge in [0.1, 0.15) is 0 Å². The minimum absolute atomic E-state index is 0.305. The van der Waals surface area contributed by atoms with Crippen LogP contribution >= 0.6 is 0 Å². The second-order valence-electron chi connectivity index (χ2n) is 6.83. The third-order valence-corrected chi connectivity index (χ3v) is 5.28. The standard InChI is InChI=1S/C22H22O/c1-3-4-7-16-13-19-18-11-10-15-8-5-6-9-17(15)21(18)14(2)12-20(19)22(16)23/h5-11,14H,3-4,12-13H2,1-2H3/b16-7-/t14-/m0/s1. The molecule has 23 heavy (non-hydrogen) atoms. The maximum absolute atomic E-state index is 12.7. The zero-order valence-electron chi connectivity index (χ0n) is 13.9. The van der Waals surface area contributed by atoms with Gasteiger partial charge in [0.2, 0.25) is 0 Å². The van der Waals surface area contributed by atoms with Crippen LogP contribution in [-0.2, 0) is 4.79 Å². The van der Waals surface area contributed by atoms with Crippen LogP contribution in [0.4, 0.5) is 0 Å². The van der Waals surface area contributed by atoms with Crippen LogP contribution in [0.1, 0.15) is 56.6 Å². The Labute approximate surface area is 137 Å². The Morgan fingerprint density at radius 2 is 1.96 bits per heavy atom. The number of ketones is 1. The largest absolute Gasteiger partial charge is 0.289 e. The third-order valence-electron chi connectivity index (χ3n) is 5.28. The lowest BCUT2D eigenvalue weighted by Gasteiger charge is -2.25. The summed E-state index contributed by atoms with van der Waals surface area (Å²) in [5, 5.41) is 2.65. The monoisotopic (exact) mass is 302 g/mol. The van der Waals surface area contributed by atoms with Crippen LogP contribution in [0.15, 0.2) is 53.6 Å². The minimum Gasteiger partial charge on any atom is -0.289 e. The minimum atomic E-state index is 0.305. The molecule has 2 aromatic carbocycles. The molecule has 0 unspecified atom stereocenters. The Bertz CT molecular complexity index is 867. The molecular weight excluding hydrogens is 280 g/mol. The molecule has 0 radical (unpaired) electrons. The lowest BCUT2D eigenvalue weighted by Crippen LogP contribution is -2.10. The number of hydrogen-bond donors (Lipinski definition) is 0. The molecule has 0 fully saturated rings. The number of allylic oxidation sites excluding steroid dienone is 4. The lowest BCUT2D eigenvalue weighted by atomic mass is 9.78. The molecule has 2 aromatic rings. The molecule has 0 saturated heterocycles. The molecule has 0 bridgehead atoms. The summed E-state index contributed by atoms with van der Waals surface area (Å²) in [5.74, 6) is 0.712. The highest BCUT2D eigenvalue weighted by Crippen LogP contribution is 2.48. The molecule has 1 heteroatoms. The number of unbranched alkanes of at least 4 members (excludes halogenated alkanes) is 1. The third kappa shape index (κ3) is 2.18. The number of carbonyl (C=O) groups excluding carboxylic acids is 1. The van der Waals surface area contributed by atoms with Crippen LogP contribution in [0, 0.1) is 0 Å². The molecule has 0 N–H and O–H groups in total.